The molecule has 0 bridgehead atoms. The summed E-state index contributed by atoms with van der Waals surface area (Å²) in [5.41, 5.74) is 3.14. The maximum absolute atomic E-state index is 12.9. The van der Waals surface area contributed by atoms with Crippen molar-refractivity contribution in [3.05, 3.63) is 54.8 Å². The lowest BCUT2D eigenvalue weighted by molar-refractivity contribution is -0.121. The smallest absolute Gasteiger partial charge is 0.242 e. The van der Waals surface area contributed by atoms with Gasteiger partial charge >= 0.3 is 0 Å². The third-order valence-corrected chi connectivity index (χ3v) is 4.37. The maximum atomic E-state index is 12.9. The van der Waals surface area contributed by atoms with E-state index in [-0.39, 0.29) is 5.91 Å². The molecule has 0 radical (unpaired) electrons. The first-order chi connectivity index (χ1) is 11.4. The van der Waals surface area contributed by atoms with E-state index in [4.69, 9.17) is 0 Å². The molecule has 0 saturated heterocycles. The molecule has 5 heteroatoms. The number of aromatic nitrogens is 2. The normalized spacial score (nSPS) is 16.2. The Morgan fingerprint density at radius 1 is 1.25 bits per heavy atom. The van der Waals surface area contributed by atoms with Crippen molar-refractivity contribution in [2.24, 2.45) is 4.99 Å². The second-order valence-electron chi connectivity index (χ2n) is 6.38. The monoisotopic (exact) mass is 320 g/mol. The number of fused-ring (bicyclic) bond motifs is 1. The molecule has 0 fully saturated rings. The van der Waals surface area contributed by atoms with E-state index < -0.39 is 5.41 Å². The van der Waals surface area contributed by atoms with E-state index in [2.05, 4.69) is 21.5 Å². The number of aliphatic imine (C=N–C) groups is 1. The van der Waals surface area contributed by atoms with Gasteiger partial charge in [-0.25, -0.2) is 15.0 Å². The van der Waals surface area contributed by atoms with E-state index in [1.807, 2.05) is 45.9 Å². The van der Waals surface area contributed by atoms with E-state index >= 15 is 0 Å². The first-order valence-corrected chi connectivity index (χ1v) is 7.79. The van der Waals surface area contributed by atoms with Gasteiger partial charge in [0.05, 0.1) is 11.1 Å². The number of nitrogens with zero attached hydrogens (tertiary/aromatic N) is 4. The summed E-state index contributed by atoms with van der Waals surface area (Å²) in [6.45, 7) is 11.2. The number of amidine groups is 1. The largest absolute Gasteiger partial charge is 0.273 e. The molecule has 1 aromatic carbocycles. The lowest BCUT2D eigenvalue weighted by atomic mass is 9.85. The zero-order valence-electron chi connectivity index (χ0n) is 14.4. The van der Waals surface area contributed by atoms with Gasteiger partial charge in [-0.2, -0.15) is 0 Å². The highest BCUT2D eigenvalue weighted by molar-refractivity contribution is 6.23. The molecule has 2 heterocycles. The molecule has 0 aliphatic carbocycles. The van der Waals surface area contributed by atoms with Crippen LogP contribution in [-0.4, -0.2) is 21.7 Å². The highest BCUT2D eigenvalue weighted by atomic mass is 16.2. The number of carbonyl (C=O) groups excluding carboxylic acids is 1. The number of rotatable bonds is 2. The van der Waals surface area contributed by atoms with Gasteiger partial charge in [0.25, 0.3) is 0 Å². The van der Waals surface area contributed by atoms with Crippen molar-refractivity contribution in [1.82, 2.24) is 9.97 Å². The Labute approximate surface area is 141 Å². The summed E-state index contributed by atoms with van der Waals surface area (Å²) in [6, 6.07) is 6.01. The van der Waals surface area contributed by atoms with Gasteiger partial charge in [-0.3, -0.25) is 9.69 Å². The zero-order chi connectivity index (χ0) is 17.5. The van der Waals surface area contributed by atoms with Gasteiger partial charge < -0.3 is 0 Å². The van der Waals surface area contributed by atoms with Crippen LogP contribution >= 0.6 is 0 Å². The van der Waals surface area contributed by atoms with Gasteiger partial charge in [0.1, 0.15) is 11.7 Å². The molecule has 0 saturated carbocycles. The van der Waals surface area contributed by atoms with Crippen molar-refractivity contribution in [1.29, 1.82) is 0 Å². The summed E-state index contributed by atoms with van der Waals surface area (Å²) in [5, 5.41) is 0. The minimum atomic E-state index is -0.588. The maximum Gasteiger partial charge on any atom is 0.242 e. The molecule has 122 valence electrons. The van der Waals surface area contributed by atoms with Crippen LogP contribution in [0, 0.1) is 6.92 Å². The van der Waals surface area contributed by atoms with Crippen molar-refractivity contribution in [2.45, 2.75) is 33.1 Å². The fourth-order valence-corrected chi connectivity index (χ4v) is 2.98. The molecule has 0 spiro atoms. The topological polar surface area (TPSA) is 58.5 Å². The Morgan fingerprint density at radius 2 is 1.92 bits per heavy atom. The molecule has 1 aliphatic rings. The molecule has 1 amide bonds. The quantitative estimate of drug-likeness (QED) is 0.627. The van der Waals surface area contributed by atoms with Crippen LogP contribution in [0.2, 0.25) is 0 Å². The Hall–Kier alpha value is -2.82. The van der Waals surface area contributed by atoms with Crippen molar-refractivity contribution >= 4 is 17.4 Å². The highest BCUT2D eigenvalue weighted by Gasteiger charge is 2.45. The van der Waals surface area contributed by atoms with Gasteiger partial charge in [0, 0.05) is 24.2 Å². The van der Waals surface area contributed by atoms with Gasteiger partial charge in [0.15, 0.2) is 0 Å². The van der Waals surface area contributed by atoms with Crippen LogP contribution in [0.25, 0.3) is 11.1 Å². The lowest BCUT2D eigenvalue weighted by Gasteiger charge is -2.19. The van der Waals surface area contributed by atoms with Crippen LogP contribution in [0.5, 0.6) is 0 Å². The Morgan fingerprint density at radius 3 is 2.54 bits per heavy atom. The number of hydrogen-bond donors (Lipinski definition) is 0. The number of hydrogen-bond acceptors (Lipinski definition) is 4. The van der Waals surface area contributed by atoms with E-state index in [0.29, 0.717) is 5.84 Å². The average molecular weight is 320 g/mol. The fourth-order valence-electron chi connectivity index (χ4n) is 2.98. The fraction of sp³-hybridized carbons (Fsp3) is 0.263. The van der Waals surface area contributed by atoms with Crippen LogP contribution < -0.4 is 4.90 Å². The summed E-state index contributed by atoms with van der Waals surface area (Å²) >= 11 is 0. The average Bonchev–Trinajstić information content (AvgIpc) is 2.75. The molecule has 2 aromatic rings. The number of carbonyl (C=O) groups is 1. The van der Waals surface area contributed by atoms with E-state index in [9.17, 15) is 4.79 Å². The summed E-state index contributed by atoms with van der Waals surface area (Å²) in [5.74, 6) is 1.35. The molecular formula is C19H20N4O. The summed E-state index contributed by atoms with van der Waals surface area (Å²) in [7, 11) is 0. The number of amides is 1. The highest BCUT2D eigenvalue weighted by Crippen LogP contribution is 2.43. The minimum absolute atomic E-state index is 0.0120. The summed E-state index contributed by atoms with van der Waals surface area (Å²) < 4.78 is 0. The van der Waals surface area contributed by atoms with Gasteiger partial charge in [0.2, 0.25) is 5.91 Å². The number of anilines is 1. The third-order valence-electron chi connectivity index (χ3n) is 4.37. The predicted octanol–water partition coefficient (Wildman–Crippen LogP) is 3.64. The van der Waals surface area contributed by atoms with Crippen molar-refractivity contribution in [3.63, 3.8) is 0 Å². The van der Waals surface area contributed by atoms with Crippen LogP contribution in [0.4, 0.5) is 5.69 Å². The first-order valence-electron chi connectivity index (χ1n) is 7.79. The molecule has 0 atom stereocenters. The van der Waals surface area contributed by atoms with Gasteiger partial charge in [-0.1, -0.05) is 18.7 Å². The van der Waals surface area contributed by atoms with Gasteiger partial charge in [-0.05, 0) is 44.9 Å². The number of aryl methyl sites for hydroxylation is 1. The molecule has 0 unspecified atom stereocenters. The molecule has 3 rings (SSSR count). The Bertz CT molecular complexity index is 850. The summed E-state index contributed by atoms with van der Waals surface area (Å²) in [6.07, 6.45) is 5.03. The van der Waals surface area contributed by atoms with Crippen LogP contribution in [-0.2, 0) is 10.2 Å². The first kappa shape index (κ1) is 16.1. The predicted molar refractivity (Wildman–Crippen MR) is 96.0 cm³/mol. The lowest BCUT2D eigenvalue weighted by Crippen LogP contribution is -2.39. The summed E-state index contributed by atoms with van der Waals surface area (Å²) in [4.78, 5) is 27.2. The second-order valence-corrected chi connectivity index (χ2v) is 6.38. The van der Waals surface area contributed by atoms with Crippen molar-refractivity contribution < 1.29 is 4.79 Å². The zero-order valence-corrected chi connectivity index (χ0v) is 14.4. The van der Waals surface area contributed by atoms with E-state index in [1.165, 1.54) is 6.20 Å². The van der Waals surface area contributed by atoms with Crippen LogP contribution in [0.15, 0.2) is 48.4 Å². The van der Waals surface area contributed by atoms with Crippen molar-refractivity contribution in [3.8, 4) is 11.1 Å². The molecule has 5 nitrogen and oxygen atoms in total. The Balaban J connectivity index is 2.16. The number of benzene rings is 1. The second kappa shape index (κ2) is 5.67. The molecular weight excluding hydrogens is 300 g/mol. The van der Waals surface area contributed by atoms with Crippen LogP contribution in [0.3, 0.4) is 0 Å². The Kier molecular flexibility index (Phi) is 3.79. The third kappa shape index (κ3) is 2.42. The van der Waals surface area contributed by atoms with E-state index in [1.54, 1.807) is 17.3 Å². The standard InChI is InChI=1S/C19H20N4O/c1-6-20-13(3)23-17-9-14(15-10-21-12(2)22-11-15)7-8-16(17)19(4,5)18(23)24/h6-11H,1H2,2-5H3. The SMILES string of the molecule is C=CN=C(C)N1C(=O)C(C)(C)c2ccc(-c3cnc(C)nc3)cc21. The van der Waals surface area contributed by atoms with Crippen LogP contribution in [0.1, 0.15) is 32.2 Å². The molecule has 24 heavy (non-hydrogen) atoms. The minimum Gasteiger partial charge on any atom is -0.273 e. The molecule has 0 N–H and O–H groups in total. The molecule has 1 aromatic heterocycles. The van der Waals surface area contributed by atoms with Gasteiger partial charge in [-0.15, -0.1) is 0 Å². The molecule has 1 aliphatic heterocycles. The van der Waals surface area contributed by atoms with Crippen molar-refractivity contribution in [2.75, 3.05) is 4.90 Å². The van der Waals surface area contributed by atoms with E-state index in [0.717, 1.165) is 28.2 Å².